The third-order valence-electron chi connectivity index (χ3n) is 5.46. The van der Waals surface area contributed by atoms with Gasteiger partial charge >= 0.3 is 5.97 Å². The van der Waals surface area contributed by atoms with Crippen molar-refractivity contribution in [2.24, 2.45) is 0 Å². The van der Waals surface area contributed by atoms with Crippen LogP contribution in [-0.4, -0.2) is 86.3 Å². The Morgan fingerprint density at radius 1 is 1.14 bits per heavy atom. The highest BCUT2D eigenvalue weighted by atomic mass is 16.5. The lowest BCUT2D eigenvalue weighted by Gasteiger charge is -2.40. The number of carbonyl (C=O) groups is 2. The number of rotatable bonds is 4. The monoisotopic (exact) mass is 393 g/mol. The molecule has 2 aliphatic heterocycles. The molecular formula is C20H31N3O5. The lowest BCUT2D eigenvalue weighted by Crippen LogP contribution is -3.12. The maximum atomic E-state index is 9.04. The Morgan fingerprint density at radius 3 is 2.14 bits per heavy atom. The van der Waals surface area contributed by atoms with Crippen molar-refractivity contribution >= 4 is 11.9 Å². The van der Waals surface area contributed by atoms with Crippen molar-refractivity contribution < 1.29 is 29.4 Å². The number of aliphatic carboxylic acids is 2. The minimum Gasteiger partial charge on any atom is -0.539 e. The summed E-state index contributed by atoms with van der Waals surface area (Å²) in [5, 5.41) is 16.3. The molecule has 2 aliphatic rings. The number of likely N-dealkylation sites (N-methyl/N-ethyl adjacent to an activating group) is 1. The van der Waals surface area contributed by atoms with E-state index in [2.05, 4.69) is 41.1 Å². The number of hydrogen-bond donors (Lipinski definition) is 2. The van der Waals surface area contributed by atoms with Crippen LogP contribution in [0.1, 0.15) is 18.4 Å². The second-order valence-electron chi connectivity index (χ2n) is 7.44. The summed E-state index contributed by atoms with van der Waals surface area (Å²) in [6, 6.07) is 9.33. The number of likely N-dealkylation sites (tertiary alicyclic amines) is 1. The minimum atomic E-state index is -2.07. The number of carbonyl (C=O) groups excluding carboxylic acids is 1. The molecule has 0 aliphatic carbocycles. The van der Waals surface area contributed by atoms with E-state index < -0.39 is 11.9 Å². The standard InChI is InChI=1S/C18H29N3O.C2H2O4/c1-19-11-13-21(14-12-19)17-7-9-20(10-8-17)15-16-3-5-18(22-2)6-4-16;3-1(4)2(5)6/h3-6,17H,7-15H2,1-2H3;(H,3,4)(H,5,6). The number of benzene rings is 1. The molecule has 0 aromatic heterocycles. The Bertz CT molecular complexity index is 609. The largest absolute Gasteiger partial charge is 0.539 e. The smallest absolute Gasteiger partial charge is 0.351 e. The molecule has 156 valence electrons. The number of methoxy groups -OCH3 is 1. The molecule has 2 fully saturated rings. The third-order valence-corrected chi connectivity index (χ3v) is 5.46. The molecule has 1 aromatic carbocycles. The summed E-state index contributed by atoms with van der Waals surface area (Å²) >= 11 is 0. The van der Waals surface area contributed by atoms with Crippen molar-refractivity contribution in [1.82, 2.24) is 9.80 Å². The molecule has 2 heterocycles. The number of hydrogen-bond acceptors (Lipinski definition) is 6. The van der Waals surface area contributed by atoms with Gasteiger partial charge in [-0.15, -0.1) is 0 Å². The summed E-state index contributed by atoms with van der Waals surface area (Å²) in [4.78, 5) is 25.0. The fourth-order valence-electron chi connectivity index (χ4n) is 3.70. The molecule has 0 radical (unpaired) electrons. The fraction of sp³-hybridized carbons (Fsp3) is 0.600. The average Bonchev–Trinajstić information content (AvgIpc) is 2.70. The average molecular weight is 393 g/mol. The van der Waals surface area contributed by atoms with E-state index in [1.54, 1.807) is 12.0 Å². The zero-order valence-electron chi connectivity index (χ0n) is 16.7. The number of quaternary nitrogens is 1. The summed E-state index contributed by atoms with van der Waals surface area (Å²) in [6.45, 7) is 8.73. The fourth-order valence-corrected chi connectivity index (χ4v) is 3.70. The van der Waals surface area contributed by atoms with Gasteiger partial charge in [0.05, 0.1) is 27.2 Å². The minimum absolute atomic E-state index is 0.820. The SMILES string of the molecule is COc1ccc(CN2CCC(N3CC[NH+](C)CC3)CC2)cc1.O=C([O-])C(=O)O. The van der Waals surface area contributed by atoms with E-state index in [-0.39, 0.29) is 0 Å². The predicted molar refractivity (Wildman–Crippen MR) is 102 cm³/mol. The van der Waals surface area contributed by atoms with Gasteiger partial charge in [-0.3, -0.25) is 9.80 Å². The predicted octanol–water partition coefficient (Wildman–Crippen LogP) is -1.69. The molecule has 8 heteroatoms. The first-order valence-corrected chi connectivity index (χ1v) is 9.74. The number of carboxylic acids is 2. The van der Waals surface area contributed by atoms with Crippen molar-refractivity contribution in [3.05, 3.63) is 29.8 Å². The van der Waals surface area contributed by atoms with E-state index in [1.807, 2.05) is 0 Å². The molecule has 28 heavy (non-hydrogen) atoms. The quantitative estimate of drug-likeness (QED) is 0.589. The first-order chi connectivity index (χ1) is 13.4. The van der Waals surface area contributed by atoms with Gasteiger partial charge in [0.25, 0.3) is 0 Å². The molecule has 2 saturated heterocycles. The van der Waals surface area contributed by atoms with Gasteiger partial charge in [-0.2, -0.15) is 0 Å². The Labute approximate surface area is 166 Å². The molecular weight excluding hydrogens is 362 g/mol. The first kappa shape index (κ1) is 22.1. The van der Waals surface area contributed by atoms with Gasteiger partial charge in [0, 0.05) is 25.7 Å². The van der Waals surface area contributed by atoms with Crippen LogP contribution in [0, 0.1) is 0 Å². The van der Waals surface area contributed by atoms with Gasteiger partial charge in [0.15, 0.2) is 5.97 Å². The summed E-state index contributed by atoms with van der Waals surface area (Å²) in [6.07, 6.45) is 2.66. The van der Waals surface area contributed by atoms with Crippen molar-refractivity contribution in [2.45, 2.75) is 25.4 Å². The molecule has 8 nitrogen and oxygen atoms in total. The normalized spacial score (nSPS) is 19.5. The van der Waals surface area contributed by atoms with E-state index in [0.717, 1.165) is 18.3 Å². The van der Waals surface area contributed by atoms with Crippen LogP contribution in [0.15, 0.2) is 24.3 Å². The molecule has 0 saturated carbocycles. The van der Waals surface area contributed by atoms with Crippen molar-refractivity contribution in [1.29, 1.82) is 0 Å². The summed E-state index contributed by atoms with van der Waals surface area (Å²) in [5.74, 6) is -3.07. The number of nitrogens with one attached hydrogen (secondary N) is 1. The Balaban J connectivity index is 0.000000409. The van der Waals surface area contributed by atoms with Crippen LogP contribution in [0.25, 0.3) is 0 Å². The third kappa shape index (κ3) is 7.10. The van der Waals surface area contributed by atoms with Crippen LogP contribution in [0.2, 0.25) is 0 Å². The number of piperidine rings is 1. The van der Waals surface area contributed by atoms with Crippen LogP contribution in [0.5, 0.6) is 5.75 Å². The molecule has 0 spiro atoms. The molecule has 3 rings (SSSR count). The number of piperazine rings is 1. The molecule has 0 unspecified atom stereocenters. The zero-order valence-corrected chi connectivity index (χ0v) is 16.7. The van der Waals surface area contributed by atoms with Crippen molar-refractivity contribution in [3.8, 4) is 5.75 Å². The van der Waals surface area contributed by atoms with Crippen LogP contribution >= 0.6 is 0 Å². The number of carboxylic acid groups (broad SMARTS) is 2. The summed E-state index contributed by atoms with van der Waals surface area (Å²) < 4.78 is 5.23. The highest BCUT2D eigenvalue weighted by Crippen LogP contribution is 2.19. The molecule has 2 N–H and O–H groups in total. The molecule has 1 aromatic rings. The van der Waals surface area contributed by atoms with Gasteiger partial charge in [0.2, 0.25) is 0 Å². The van der Waals surface area contributed by atoms with Gasteiger partial charge in [0.1, 0.15) is 5.75 Å². The Hall–Kier alpha value is -2.16. The second-order valence-corrected chi connectivity index (χ2v) is 7.44. The van der Waals surface area contributed by atoms with E-state index in [1.165, 1.54) is 57.7 Å². The maximum Gasteiger partial charge on any atom is 0.351 e. The van der Waals surface area contributed by atoms with Gasteiger partial charge < -0.3 is 24.6 Å². The number of nitrogens with zero attached hydrogens (tertiary/aromatic N) is 2. The zero-order chi connectivity index (χ0) is 20.5. The summed E-state index contributed by atoms with van der Waals surface area (Å²) in [7, 11) is 4.04. The van der Waals surface area contributed by atoms with E-state index in [0.29, 0.717) is 0 Å². The van der Waals surface area contributed by atoms with Gasteiger partial charge in [-0.25, -0.2) is 4.79 Å². The lowest BCUT2D eigenvalue weighted by atomic mass is 10.0. The molecule has 0 bridgehead atoms. The lowest BCUT2D eigenvalue weighted by molar-refractivity contribution is -0.884. The first-order valence-electron chi connectivity index (χ1n) is 9.74. The summed E-state index contributed by atoms with van der Waals surface area (Å²) in [5.41, 5.74) is 1.39. The van der Waals surface area contributed by atoms with Crippen LogP contribution in [0.4, 0.5) is 0 Å². The van der Waals surface area contributed by atoms with Crippen LogP contribution < -0.4 is 14.7 Å². The topological polar surface area (TPSA) is 97.6 Å². The second kappa shape index (κ2) is 11.0. The van der Waals surface area contributed by atoms with Crippen LogP contribution in [0.3, 0.4) is 0 Å². The van der Waals surface area contributed by atoms with Crippen molar-refractivity contribution in [3.63, 3.8) is 0 Å². The van der Waals surface area contributed by atoms with Gasteiger partial charge in [-0.05, 0) is 43.6 Å². The Kier molecular flexibility index (Phi) is 8.69. The highest BCUT2D eigenvalue weighted by molar-refractivity contribution is 6.26. The molecule has 0 atom stereocenters. The Morgan fingerprint density at radius 2 is 1.68 bits per heavy atom. The van der Waals surface area contributed by atoms with E-state index >= 15 is 0 Å². The van der Waals surface area contributed by atoms with Gasteiger partial charge in [-0.1, -0.05) is 12.1 Å². The van der Waals surface area contributed by atoms with Crippen molar-refractivity contribution in [2.75, 3.05) is 53.4 Å². The number of ether oxygens (including phenoxy) is 1. The highest BCUT2D eigenvalue weighted by Gasteiger charge is 2.27. The van der Waals surface area contributed by atoms with E-state index in [9.17, 15) is 0 Å². The maximum absolute atomic E-state index is 9.04. The van der Waals surface area contributed by atoms with Crippen LogP contribution in [-0.2, 0) is 16.1 Å². The van der Waals surface area contributed by atoms with E-state index in [4.69, 9.17) is 24.5 Å². The molecule has 0 amide bonds.